The molecule has 0 atom stereocenters. The molecule has 21 heavy (non-hydrogen) atoms. The van der Waals surface area contributed by atoms with Crippen molar-refractivity contribution < 1.29 is 9.90 Å². The lowest BCUT2D eigenvalue weighted by Gasteiger charge is -2.01. The molecule has 2 aromatic heterocycles. The molecule has 0 unspecified atom stereocenters. The van der Waals surface area contributed by atoms with Crippen LogP contribution in [0.15, 0.2) is 54.9 Å². The molecule has 0 saturated heterocycles. The molecule has 0 spiro atoms. The first-order valence-corrected chi connectivity index (χ1v) is 6.52. The number of aromatic nitrogens is 3. The predicted octanol–water partition coefficient (Wildman–Crippen LogP) is 3.29. The van der Waals surface area contributed by atoms with Gasteiger partial charge < -0.3 is 5.11 Å². The van der Waals surface area contributed by atoms with E-state index in [2.05, 4.69) is 10.1 Å². The molecule has 0 fully saturated rings. The number of benzene rings is 1. The summed E-state index contributed by atoms with van der Waals surface area (Å²) in [5, 5.41) is 13.9. The van der Waals surface area contributed by atoms with Crippen LogP contribution in [-0.2, 0) is 0 Å². The summed E-state index contributed by atoms with van der Waals surface area (Å²) in [7, 11) is 0. The number of carbonyl (C=O) groups is 1. The zero-order valence-corrected chi connectivity index (χ0v) is 11.5. The van der Waals surface area contributed by atoms with E-state index in [0.29, 0.717) is 10.7 Å². The standard InChI is InChI=1S/C15H10ClN3O2/c16-11-4-6-12(7-5-11)19-9-10(8-17-19)13-2-1-3-14(18-13)15(20)21/h1-9H,(H,20,21). The van der Waals surface area contributed by atoms with E-state index >= 15 is 0 Å². The van der Waals surface area contributed by atoms with Crippen molar-refractivity contribution in [2.75, 3.05) is 0 Å². The fourth-order valence-corrected chi connectivity index (χ4v) is 2.03. The predicted molar refractivity (Wildman–Crippen MR) is 78.8 cm³/mol. The van der Waals surface area contributed by atoms with Crippen molar-refractivity contribution in [1.29, 1.82) is 0 Å². The molecule has 0 aliphatic rings. The van der Waals surface area contributed by atoms with Gasteiger partial charge in [-0.25, -0.2) is 14.5 Å². The Morgan fingerprint density at radius 2 is 1.90 bits per heavy atom. The highest BCUT2D eigenvalue weighted by Gasteiger charge is 2.09. The Kier molecular flexibility index (Phi) is 3.41. The van der Waals surface area contributed by atoms with Gasteiger partial charge in [0.05, 0.1) is 17.6 Å². The Morgan fingerprint density at radius 1 is 1.14 bits per heavy atom. The fraction of sp³-hybridized carbons (Fsp3) is 0. The normalized spacial score (nSPS) is 10.5. The largest absolute Gasteiger partial charge is 0.477 e. The average molecular weight is 300 g/mol. The van der Waals surface area contributed by atoms with Crippen LogP contribution in [0.2, 0.25) is 5.02 Å². The molecule has 0 amide bonds. The highest BCUT2D eigenvalue weighted by molar-refractivity contribution is 6.30. The topological polar surface area (TPSA) is 68.0 Å². The number of hydrogen-bond donors (Lipinski definition) is 1. The maximum atomic E-state index is 10.9. The Morgan fingerprint density at radius 3 is 2.62 bits per heavy atom. The highest BCUT2D eigenvalue weighted by atomic mass is 35.5. The molecular weight excluding hydrogens is 290 g/mol. The van der Waals surface area contributed by atoms with E-state index in [9.17, 15) is 4.79 Å². The molecule has 0 aliphatic heterocycles. The molecule has 3 aromatic rings. The van der Waals surface area contributed by atoms with Gasteiger partial charge in [0.2, 0.25) is 0 Å². The summed E-state index contributed by atoms with van der Waals surface area (Å²) < 4.78 is 1.68. The minimum atomic E-state index is -1.05. The molecule has 3 rings (SSSR count). The number of halogens is 1. The average Bonchev–Trinajstić information content (AvgIpc) is 2.98. The maximum absolute atomic E-state index is 10.9. The molecule has 0 radical (unpaired) electrons. The third-order valence-corrected chi connectivity index (χ3v) is 3.19. The third kappa shape index (κ3) is 2.78. The van der Waals surface area contributed by atoms with E-state index in [1.807, 2.05) is 12.1 Å². The van der Waals surface area contributed by atoms with E-state index in [1.165, 1.54) is 6.07 Å². The first-order chi connectivity index (χ1) is 10.1. The lowest BCUT2D eigenvalue weighted by atomic mass is 10.2. The molecule has 1 N–H and O–H groups in total. The van der Waals surface area contributed by atoms with Crippen LogP contribution in [0.5, 0.6) is 0 Å². The summed E-state index contributed by atoms with van der Waals surface area (Å²) in [4.78, 5) is 15.0. The molecule has 104 valence electrons. The number of rotatable bonds is 3. The highest BCUT2D eigenvalue weighted by Crippen LogP contribution is 2.19. The molecular formula is C15H10ClN3O2. The molecule has 6 heteroatoms. The first kappa shape index (κ1) is 13.3. The van der Waals surface area contributed by atoms with Crippen molar-refractivity contribution in [2.45, 2.75) is 0 Å². The number of pyridine rings is 1. The van der Waals surface area contributed by atoms with Crippen molar-refractivity contribution >= 4 is 17.6 Å². The van der Waals surface area contributed by atoms with Crippen LogP contribution in [0.4, 0.5) is 0 Å². The number of carboxylic acids is 1. The van der Waals surface area contributed by atoms with E-state index < -0.39 is 5.97 Å². The fourth-order valence-electron chi connectivity index (χ4n) is 1.90. The van der Waals surface area contributed by atoms with Gasteiger partial charge in [0, 0.05) is 16.8 Å². The van der Waals surface area contributed by atoms with Crippen molar-refractivity contribution in [2.24, 2.45) is 0 Å². The van der Waals surface area contributed by atoms with Crippen LogP contribution in [0, 0.1) is 0 Å². The summed E-state index contributed by atoms with van der Waals surface area (Å²) in [6.45, 7) is 0. The zero-order chi connectivity index (χ0) is 14.8. The lowest BCUT2D eigenvalue weighted by Crippen LogP contribution is -2.00. The van der Waals surface area contributed by atoms with Crippen LogP contribution in [0.1, 0.15) is 10.5 Å². The Bertz CT molecular complexity index is 797. The molecule has 0 bridgehead atoms. The van der Waals surface area contributed by atoms with Gasteiger partial charge in [-0.05, 0) is 36.4 Å². The van der Waals surface area contributed by atoms with Crippen molar-refractivity contribution in [3.05, 3.63) is 65.6 Å². The van der Waals surface area contributed by atoms with Gasteiger partial charge in [0.15, 0.2) is 0 Å². The molecule has 2 heterocycles. The summed E-state index contributed by atoms with van der Waals surface area (Å²) in [5.41, 5.74) is 2.18. The van der Waals surface area contributed by atoms with Gasteiger partial charge in [-0.3, -0.25) is 0 Å². The summed E-state index contributed by atoms with van der Waals surface area (Å²) in [5.74, 6) is -1.05. The summed E-state index contributed by atoms with van der Waals surface area (Å²) in [6, 6.07) is 12.1. The van der Waals surface area contributed by atoms with E-state index in [0.717, 1.165) is 11.3 Å². The van der Waals surface area contributed by atoms with Crippen molar-refractivity contribution in [1.82, 2.24) is 14.8 Å². The minimum Gasteiger partial charge on any atom is -0.477 e. The smallest absolute Gasteiger partial charge is 0.354 e. The van der Waals surface area contributed by atoms with Crippen LogP contribution >= 0.6 is 11.6 Å². The van der Waals surface area contributed by atoms with Crippen molar-refractivity contribution in [3.8, 4) is 16.9 Å². The molecule has 5 nitrogen and oxygen atoms in total. The SMILES string of the molecule is O=C(O)c1cccc(-c2cnn(-c3ccc(Cl)cc3)c2)n1. The van der Waals surface area contributed by atoms with Crippen LogP contribution in [0.3, 0.4) is 0 Å². The Hall–Kier alpha value is -2.66. The van der Waals surface area contributed by atoms with Gasteiger partial charge in [0.25, 0.3) is 0 Å². The second-order valence-corrected chi connectivity index (χ2v) is 4.80. The van der Waals surface area contributed by atoms with E-state index in [4.69, 9.17) is 16.7 Å². The quantitative estimate of drug-likeness (QED) is 0.806. The molecule has 0 saturated carbocycles. The Balaban J connectivity index is 1.96. The number of nitrogens with zero attached hydrogens (tertiary/aromatic N) is 3. The second kappa shape index (κ2) is 5.38. The van der Waals surface area contributed by atoms with Gasteiger partial charge in [-0.2, -0.15) is 5.10 Å². The van der Waals surface area contributed by atoms with E-state index in [1.54, 1.807) is 41.3 Å². The van der Waals surface area contributed by atoms with Crippen LogP contribution in [-0.4, -0.2) is 25.8 Å². The van der Waals surface area contributed by atoms with Gasteiger partial charge >= 0.3 is 5.97 Å². The number of aromatic carboxylic acids is 1. The zero-order valence-electron chi connectivity index (χ0n) is 10.8. The van der Waals surface area contributed by atoms with Crippen molar-refractivity contribution in [3.63, 3.8) is 0 Å². The van der Waals surface area contributed by atoms with Gasteiger partial charge in [0.1, 0.15) is 5.69 Å². The van der Waals surface area contributed by atoms with E-state index in [-0.39, 0.29) is 5.69 Å². The first-order valence-electron chi connectivity index (χ1n) is 6.15. The monoisotopic (exact) mass is 299 g/mol. The van der Waals surface area contributed by atoms with Crippen LogP contribution in [0.25, 0.3) is 16.9 Å². The van der Waals surface area contributed by atoms with Crippen LogP contribution < -0.4 is 0 Å². The molecule has 1 aromatic carbocycles. The van der Waals surface area contributed by atoms with Gasteiger partial charge in [-0.1, -0.05) is 17.7 Å². The summed E-state index contributed by atoms with van der Waals surface area (Å²) in [6.07, 6.45) is 3.43. The second-order valence-electron chi connectivity index (χ2n) is 4.36. The lowest BCUT2D eigenvalue weighted by molar-refractivity contribution is 0.0690. The Labute approximate surface area is 125 Å². The summed E-state index contributed by atoms with van der Waals surface area (Å²) >= 11 is 5.85. The number of hydrogen-bond acceptors (Lipinski definition) is 3. The maximum Gasteiger partial charge on any atom is 0.354 e. The third-order valence-electron chi connectivity index (χ3n) is 2.94. The molecule has 0 aliphatic carbocycles. The minimum absolute atomic E-state index is 0.00624. The number of carboxylic acid groups (broad SMARTS) is 1. The van der Waals surface area contributed by atoms with Gasteiger partial charge in [-0.15, -0.1) is 0 Å².